The van der Waals surface area contributed by atoms with Crippen LogP contribution in [0, 0.1) is 6.92 Å². The molecular weight excluding hydrogens is 428 g/mol. The molecule has 0 saturated carbocycles. The first-order valence-corrected chi connectivity index (χ1v) is 11.1. The normalized spacial score (nSPS) is 10.8. The van der Waals surface area contributed by atoms with E-state index in [0.717, 1.165) is 17.5 Å². The van der Waals surface area contributed by atoms with Crippen LogP contribution in [0.1, 0.15) is 34.0 Å². The number of hydrogen-bond acceptors (Lipinski definition) is 4. The average Bonchev–Trinajstić information content (AvgIpc) is 2.85. The Morgan fingerprint density at radius 1 is 1.00 bits per heavy atom. The number of benzene rings is 3. The van der Waals surface area contributed by atoms with Crippen LogP contribution in [0.2, 0.25) is 0 Å². The van der Waals surface area contributed by atoms with Gasteiger partial charge in [0.25, 0.3) is 0 Å². The SMILES string of the molecule is CCc1ccc(C(=O)c2cn(CC(=O)Nc3ccccc3OC)c3ccc(C)cc3c2=O)cc1. The number of pyridine rings is 1. The zero-order valence-electron chi connectivity index (χ0n) is 19.4. The number of nitrogens with one attached hydrogen (secondary N) is 1. The number of ketones is 1. The molecule has 0 aliphatic carbocycles. The van der Waals surface area contributed by atoms with Gasteiger partial charge in [-0.05, 0) is 43.2 Å². The van der Waals surface area contributed by atoms with Crippen LogP contribution < -0.4 is 15.5 Å². The van der Waals surface area contributed by atoms with Gasteiger partial charge in [0.05, 0.1) is 23.9 Å². The number of amides is 1. The number of nitrogens with zero attached hydrogens (tertiary/aromatic N) is 1. The summed E-state index contributed by atoms with van der Waals surface area (Å²) in [7, 11) is 1.54. The summed E-state index contributed by atoms with van der Waals surface area (Å²) >= 11 is 0. The number of hydrogen-bond donors (Lipinski definition) is 1. The number of aryl methyl sites for hydroxylation is 2. The number of carbonyl (C=O) groups is 2. The van der Waals surface area contributed by atoms with Crippen molar-refractivity contribution < 1.29 is 14.3 Å². The number of anilines is 1. The summed E-state index contributed by atoms with van der Waals surface area (Å²) in [5.74, 6) is -0.127. The fourth-order valence-electron chi connectivity index (χ4n) is 3.94. The first kappa shape index (κ1) is 23.0. The highest BCUT2D eigenvalue weighted by molar-refractivity contribution is 6.10. The summed E-state index contributed by atoms with van der Waals surface area (Å²) in [5, 5.41) is 3.25. The molecule has 1 amide bonds. The molecule has 1 heterocycles. The van der Waals surface area contributed by atoms with Crippen molar-refractivity contribution in [1.82, 2.24) is 4.57 Å². The van der Waals surface area contributed by atoms with Gasteiger partial charge in [-0.1, -0.05) is 55.0 Å². The Labute approximate surface area is 197 Å². The largest absolute Gasteiger partial charge is 0.495 e. The van der Waals surface area contributed by atoms with Gasteiger partial charge in [-0.3, -0.25) is 14.4 Å². The maximum Gasteiger partial charge on any atom is 0.244 e. The van der Waals surface area contributed by atoms with E-state index in [1.807, 2.05) is 38.1 Å². The Morgan fingerprint density at radius 3 is 2.44 bits per heavy atom. The lowest BCUT2D eigenvalue weighted by atomic mass is 10.00. The van der Waals surface area contributed by atoms with Crippen LogP contribution in [-0.2, 0) is 17.8 Å². The van der Waals surface area contributed by atoms with E-state index in [2.05, 4.69) is 5.32 Å². The van der Waals surface area contributed by atoms with Gasteiger partial charge in [0, 0.05) is 17.1 Å². The third-order valence-corrected chi connectivity index (χ3v) is 5.80. The topological polar surface area (TPSA) is 77.4 Å². The Morgan fingerprint density at radius 2 is 1.74 bits per heavy atom. The van der Waals surface area contributed by atoms with Gasteiger partial charge in [-0.2, -0.15) is 0 Å². The second-order valence-corrected chi connectivity index (χ2v) is 8.15. The summed E-state index contributed by atoms with van der Waals surface area (Å²) in [6.07, 6.45) is 2.34. The van der Waals surface area contributed by atoms with Gasteiger partial charge in [-0.15, -0.1) is 0 Å². The van der Waals surface area contributed by atoms with Crippen LogP contribution in [-0.4, -0.2) is 23.4 Å². The lowest BCUT2D eigenvalue weighted by Crippen LogP contribution is -2.24. The summed E-state index contributed by atoms with van der Waals surface area (Å²) in [6.45, 7) is 3.85. The summed E-state index contributed by atoms with van der Waals surface area (Å²) in [4.78, 5) is 39.5. The molecule has 4 aromatic rings. The molecule has 0 aliphatic heterocycles. The molecule has 0 radical (unpaired) electrons. The molecule has 1 aromatic heterocycles. The third kappa shape index (κ3) is 4.62. The van der Waals surface area contributed by atoms with Crippen LogP contribution in [0.3, 0.4) is 0 Å². The molecule has 34 heavy (non-hydrogen) atoms. The predicted molar refractivity (Wildman–Crippen MR) is 134 cm³/mol. The van der Waals surface area contributed by atoms with Gasteiger partial charge >= 0.3 is 0 Å². The van der Waals surface area contributed by atoms with E-state index in [4.69, 9.17) is 4.74 Å². The molecule has 172 valence electrons. The molecule has 0 fully saturated rings. The maximum absolute atomic E-state index is 13.3. The highest BCUT2D eigenvalue weighted by atomic mass is 16.5. The maximum atomic E-state index is 13.3. The zero-order valence-corrected chi connectivity index (χ0v) is 19.4. The van der Waals surface area contributed by atoms with E-state index in [-0.39, 0.29) is 29.2 Å². The third-order valence-electron chi connectivity index (χ3n) is 5.80. The molecule has 6 heteroatoms. The van der Waals surface area contributed by atoms with Crippen molar-refractivity contribution in [3.05, 3.63) is 105 Å². The summed E-state index contributed by atoms with van der Waals surface area (Å²) in [5.41, 5.74) is 3.26. The van der Waals surface area contributed by atoms with Gasteiger partial charge in [0.1, 0.15) is 12.3 Å². The second kappa shape index (κ2) is 9.75. The minimum absolute atomic E-state index is 0.0347. The van der Waals surface area contributed by atoms with Crippen molar-refractivity contribution in [3.8, 4) is 5.75 Å². The summed E-state index contributed by atoms with van der Waals surface area (Å²) in [6, 6.07) is 19.8. The smallest absolute Gasteiger partial charge is 0.244 e. The Hall–Kier alpha value is -4.19. The molecule has 4 rings (SSSR count). The molecule has 3 aromatic carbocycles. The number of fused-ring (bicyclic) bond motifs is 1. The number of rotatable bonds is 7. The van der Waals surface area contributed by atoms with Crippen LogP contribution >= 0.6 is 0 Å². The van der Waals surface area contributed by atoms with E-state index in [1.54, 1.807) is 47.0 Å². The van der Waals surface area contributed by atoms with E-state index in [0.29, 0.717) is 27.9 Å². The van der Waals surface area contributed by atoms with E-state index < -0.39 is 0 Å². The van der Waals surface area contributed by atoms with Gasteiger partial charge < -0.3 is 14.6 Å². The van der Waals surface area contributed by atoms with Crippen LogP contribution in [0.4, 0.5) is 5.69 Å². The first-order chi connectivity index (χ1) is 16.4. The molecular formula is C28H26N2O4. The number of methoxy groups -OCH3 is 1. The zero-order chi connectivity index (χ0) is 24.2. The van der Waals surface area contributed by atoms with Gasteiger partial charge in [0.2, 0.25) is 11.3 Å². The highest BCUT2D eigenvalue weighted by Crippen LogP contribution is 2.23. The number of aromatic nitrogens is 1. The molecule has 0 atom stereocenters. The lowest BCUT2D eigenvalue weighted by Gasteiger charge is -2.15. The van der Waals surface area contributed by atoms with E-state index in [1.165, 1.54) is 13.3 Å². The molecule has 0 unspecified atom stereocenters. The quantitative estimate of drug-likeness (QED) is 0.409. The number of carbonyl (C=O) groups excluding carboxylic acids is 2. The number of para-hydroxylation sites is 2. The standard InChI is InChI=1S/C28H26N2O4/c1-4-19-10-12-20(13-11-19)27(32)22-16-30(24-14-9-18(2)15-21(24)28(22)33)17-26(31)29-23-7-5-6-8-25(23)34-3/h5-16H,4,17H2,1-3H3,(H,29,31). The van der Waals surface area contributed by atoms with Crippen LogP contribution in [0.5, 0.6) is 5.75 Å². The van der Waals surface area contributed by atoms with Crippen molar-refractivity contribution in [3.63, 3.8) is 0 Å². The lowest BCUT2D eigenvalue weighted by molar-refractivity contribution is -0.116. The minimum atomic E-state index is -0.366. The van der Waals surface area contributed by atoms with E-state index in [9.17, 15) is 14.4 Å². The van der Waals surface area contributed by atoms with Crippen molar-refractivity contribution in [1.29, 1.82) is 0 Å². The molecule has 6 nitrogen and oxygen atoms in total. The number of ether oxygens (including phenoxy) is 1. The molecule has 0 aliphatic rings. The second-order valence-electron chi connectivity index (χ2n) is 8.15. The van der Waals surface area contributed by atoms with Crippen molar-refractivity contribution >= 4 is 28.3 Å². The molecule has 0 bridgehead atoms. The molecule has 0 saturated heterocycles. The first-order valence-electron chi connectivity index (χ1n) is 11.1. The van der Waals surface area contributed by atoms with Crippen molar-refractivity contribution in [2.75, 3.05) is 12.4 Å². The Kier molecular flexibility index (Phi) is 6.59. The van der Waals surface area contributed by atoms with Gasteiger partial charge in [0.15, 0.2) is 5.78 Å². The van der Waals surface area contributed by atoms with Crippen LogP contribution in [0.15, 0.2) is 77.7 Å². The van der Waals surface area contributed by atoms with E-state index >= 15 is 0 Å². The van der Waals surface area contributed by atoms with Gasteiger partial charge in [-0.25, -0.2) is 0 Å². The molecule has 0 spiro atoms. The van der Waals surface area contributed by atoms with Crippen molar-refractivity contribution in [2.45, 2.75) is 26.8 Å². The molecule has 1 N–H and O–H groups in total. The monoisotopic (exact) mass is 454 g/mol. The fourth-order valence-corrected chi connectivity index (χ4v) is 3.94. The van der Waals surface area contributed by atoms with Crippen molar-refractivity contribution in [2.24, 2.45) is 0 Å². The Bertz CT molecular complexity index is 1440. The fraction of sp³-hybridized carbons (Fsp3) is 0.179. The average molecular weight is 455 g/mol. The predicted octanol–water partition coefficient (Wildman–Crippen LogP) is 4.75. The highest BCUT2D eigenvalue weighted by Gasteiger charge is 2.19. The van der Waals surface area contributed by atoms with Crippen LogP contribution in [0.25, 0.3) is 10.9 Å². The minimum Gasteiger partial charge on any atom is -0.495 e. The Balaban J connectivity index is 1.75. The summed E-state index contributed by atoms with van der Waals surface area (Å²) < 4.78 is 6.95.